The number of nitrogens with zero attached hydrogens (tertiary/aromatic N) is 7. The molecule has 2 aliphatic heterocycles. The van der Waals surface area contributed by atoms with Gasteiger partial charge in [-0.05, 0) is 39.0 Å². The fourth-order valence-electron chi connectivity index (χ4n) is 4.43. The molecule has 5 rings (SSSR count). The SMILES string of the molecule is CC(C)(C)OC(=O)N1CCN(c2ccc(-c3c(N)nc4c(N5CCOCC5)ccnn34)cn2)CC1. The zero-order valence-corrected chi connectivity index (χ0v) is 20.5. The van der Waals surface area contributed by atoms with E-state index in [1.165, 1.54) is 0 Å². The fraction of sp³-hybridized carbons (Fsp3) is 0.500. The molecule has 1 amide bonds. The third-order valence-electron chi connectivity index (χ3n) is 6.15. The minimum atomic E-state index is -0.497. The van der Waals surface area contributed by atoms with Gasteiger partial charge in [0.1, 0.15) is 17.1 Å². The van der Waals surface area contributed by atoms with Crippen LogP contribution in [0, 0.1) is 0 Å². The van der Waals surface area contributed by atoms with Crippen molar-refractivity contribution in [1.29, 1.82) is 0 Å². The maximum absolute atomic E-state index is 12.3. The van der Waals surface area contributed by atoms with E-state index in [1.807, 2.05) is 39.0 Å². The molecule has 3 aromatic heterocycles. The normalized spacial score (nSPS) is 17.2. The first-order valence-electron chi connectivity index (χ1n) is 12.0. The van der Waals surface area contributed by atoms with Crippen LogP contribution in [-0.4, -0.2) is 88.7 Å². The summed E-state index contributed by atoms with van der Waals surface area (Å²) >= 11 is 0. The van der Waals surface area contributed by atoms with E-state index in [2.05, 4.69) is 24.9 Å². The Bertz CT molecular complexity index is 1190. The van der Waals surface area contributed by atoms with E-state index in [9.17, 15) is 4.79 Å². The summed E-state index contributed by atoms with van der Waals surface area (Å²) in [7, 11) is 0. The van der Waals surface area contributed by atoms with Crippen molar-refractivity contribution in [2.24, 2.45) is 0 Å². The smallest absolute Gasteiger partial charge is 0.410 e. The summed E-state index contributed by atoms with van der Waals surface area (Å²) in [5, 5.41) is 4.52. The lowest BCUT2D eigenvalue weighted by Gasteiger charge is -2.36. The number of rotatable bonds is 3. The molecule has 0 aliphatic carbocycles. The van der Waals surface area contributed by atoms with Crippen LogP contribution in [0.4, 0.5) is 22.1 Å². The lowest BCUT2D eigenvalue weighted by Crippen LogP contribution is -2.50. The number of aromatic nitrogens is 4. The molecule has 2 aliphatic rings. The molecule has 2 N–H and O–H groups in total. The van der Waals surface area contributed by atoms with Gasteiger partial charge in [-0.1, -0.05) is 0 Å². The van der Waals surface area contributed by atoms with E-state index in [0.29, 0.717) is 45.2 Å². The maximum atomic E-state index is 12.3. The Morgan fingerprint density at radius 2 is 1.77 bits per heavy atom. The molecule has 11 heteroatoms. The number of nitrogen functional groups attached to an aromatic ring is 1. The molecule has 5 heterocycles. The number of carbonyl (C=O) groups excluding carboxylic acids is 1. The number of fused-ring (bicyclic) bond motifs is 1. The topological polar surface area (TPSA) is 114 Å². The zero-order valence-electron chi connectivity index (χ0n) is 20.5. The number of hydrogen-bond acceptors (Lipinski definition) is 9. The second-order valence-electron chi connectivity index (χ2n) is 9.76. The first-order chi connectivity index (χ1) is 16.8. The number of imidazole rings is 1. The number of ether oxygens (including phenoxy) is 2. The highest BCUT2D eigenvalue weighted by Gasteiger charge is 2.26. The highest BCUT2D eigenvalue weighted by atomic mass is 16.6. The van der Waals surface area contributed by atoms with Gasteiger partial charge in [-0.2, -0.15) is 5.10 Å². The van der Waals surface area contributed by atoms with Crippen LogP contribution in [0.15, 0.2) is 30.6 Å². The lowest BCUT2D eigenvalue weighted by molar-refractivity contribution is 0.0240. The molecule has 0 unspecified atom stereocenters. The molecule has 186 valence electrons. The van der Waals surface area contributed by atoms with Crippen LogP contribution in [0.25, 0.3) is 16.9 Å². The van der Waals surface area contributed by atoms with E-state index < -0.39 is 5.60 Å². The standard InChI is InChI=1S/C24H32N8O3/c1-24(2,3)35-23(33)31-10-8-30(9-11-31)19-5-4-17(16-26-19)20-21(25)28-22-18(6-7-27-32(20)22)29-12-14-34-15-13-29/h4-7,16H,8-15,25H2,1-3H3. The Balaban J connectivity index is 1.32. The number of amides is 1. The Hall–Kier alpha value is -3.60. The maximum Gasteiger partial charge on any atom is 0.410 e. The number of pyridine rings is 1. The Labute approximate surface area is 204 Å². The third-order valence-corrected chi connectivity index (χ3v) is 6.15. The van der Waals surface area contributed by atoms with Crippen molar-refractivity contribution in [3.63, 3.8) is 0 Å². The van der Waals surface area contributed by atoms with Crippen LogP contribution in [0.5, 0.6) is 0 Å². The molecule has 0 bridgehead atoms. The molecular weight excluding hydrogens is 448 g/mol. The van der Waals surface area contributed by atoms with Gasteiger partial charge in [0, 0.05) is 51.0 Å². The van der Waals surface area contributed by atoms with E-state index in [0.717, 1.165) is 41.5 Å². The highest BCUT2D eigenvalue weighted by Crippen LogP contribution is 2.31. The van der Waals surface area contributed by atoms with E-state index in [4.69, 9.17) is 15.2 Å². The van der Waals surface area contributed by atoms with Crippen LogP contribution in [-0.2, 0) is 9.47 Å². The van der Waals surface area contributed by atoms with Crippen molar-refractivity contribution >= 4 is 29.1 Å². The van der Waals surface area contributed by atoms with E-state index in [1.54, 1.807) is 21.8 Å². The van der Waals surface area contributed by atoms with Gasteiger partial charge in [0.05, 0.1) is 25.1 Å². The molecule has 2 saturated heterocycles. The number of morpholine rings is 1. The van der Waals surface area contributed by atoms with Crippen molar-refractivity contribution in [3.05, 3.63) is 30.6 Å². The van der Waals surface area contributed by atoms with Gasteiger partial charge in [-0.25, -0.2) is 19.3 Å². The number of carbonyl (C=O) groups is 1. The van der Waals surface area contributed by atoms with Gasteiger partial charge in [-0.15, -0.1) is 0 Å². The summed E-state index contributed by atoms with van der Waals surface area (Å²) in [4.78, 5) is 27.8. The van der Waals surface area contributed by atoms with Gasteiger partial charge < -0.3 is 29.9 Å². The van der Waals surface area contributed by atoms with Crippen LogP contribution in [0.1, 0.15) is 20.8 Å². The zero-order chi connectivity index (χ0) is 24.6. The molecular formula is C24H32N8O3. The molecule has 0 radical (unpaired) electrons. The summed E-state index contributed by atoms with van der Waals surface area (Å²) < 4.78 is 12.8. The molecule has 35 heavy (non-hydrogen) atoms. The molecule has 3 aromatic rings. The number of piperazine rings is 1. The van der Waals surface area contributed by atoms with Gasteiger partial charge in [0.15, 0.2) is 11.5 Å². The minimum absolute atomic E-state index is 0.271. The summed E-state index contributed by atoms with van der Waals surface area (Å²) in [6, 6.07) is 5.93. The monoisotopic (exact) mass is 480 g/mol. The molecule has 0 spiro atoms. The second kappa shape index (κ2) is 9.21. The number of nitrogens with two attached hydrogens (primary N) is 1. The molecule has 11 nitrogen and oxygen atoms in total. The number of hydrogen-bond donors (Lipinski definition) is 1. The average molecular weight is 481 g/mol. The quantitative estimate of drug-likeness (QED) is 0.603. The second-order valence-corrected chi connectivity index (χ2v) is 9.76. The van der Waals surface area contributed by atoms with Gasteiger partial charge in [-0.3, -0.25) is 0 Å². The van der Waals surface area contributed by atoms with Crippen LogP contribution < -0.4 is 15.5 Å². The highest BCUT2D eigenvalue weighted by molar-refractivity contribution is 5.80. The fourth-order valence-corrected chi connectivity index (χ4v) is 4.43. The molecule has 0 atom stereocenters. The summed E-state index contributed by atoms with van der Waals surface area (Å²) in [5.74, 6) is 1.27. The summed E-state index contributed by atoms with van der Waals surface area (Å²) in [6.07, 6.45) is 3.31. The first kappa shape index (κ1) is 23.2. The lowest BCUT2D eigenvalue weighted by atomic mass is 10.2. The third kappa shape index (κ3) is 4.81. The minimum Gasteiger partial charge on any atom is -0.444 e. The van der Waals surface area contributed by atoms with E-state index in [-0.39, 0.29) is 6.09 Å². The van der Waals surface area contributed by atoms with Gasteiger partial charge in [0.25, 0.3) is 0 Å². The largest absolute Gasteiger partial charge is 0.444 e. The van der Waals surface area contributed by atoms with E-state index >= 15 is 0 Å². The Morgan fingerprint density at radius 3 is 2.43 bits per heavy atom. The number of anilines is 3. The Kier molecular flexibility index (Phi) is 6.10. The van der Waals surface area contributed by atoms with Crippen molar-refractivity contribution < 1.29 is 14.3 Å². The molecule has 0 aromatic carbocycles. The van der Waals surface area contributed by atoms with Crippen LogP contribution in [0.3, 0.4) is 0 Å². The van der Waals surface area contributed by atoms with Gasteiger partial charge >= 0.3 is 6.09 Å². The average Bonchev–Trinajstić information content (AvgIpc) is 3.19. The van der Waals surface area contributed by atoms with Crippen LogP contribution in [0.2, 0.25) is 0 Å². The van der Waals surface area contributed by atoms with Crippen molar-refractivity contribution in [2.75, 3.05) is 68.0 Å². The van der Waals surface area contributed by atoms with Gasteiger partial charge in [0.2, 0.25) is 0 Å². The summed E-state index contributed by atoms with van der Waals surface area (Å²) in [6.45, 7) is 11.2. The first-order valence-corrected chi connectivity index (χ1v) is 12.0. The van der Waals surface area contributed by atoms with Crippen molar-refractivity contribution in [1.82, 2.24) is 24.5 Å². The summed E-state index contributed by atoms with van der Waals surface area (Å²) in [5.41, 5.74) is 9.14. The van der Waals surface area contributed by atoms with Crippen LogP contribution >= 0.6 is 0 Å². The molecule has 0 saturated carbocycles. The van der Waals surface area contributed by atoms with Crippen molar-refractivity contribution in [3.8, 4) is 11.3 Å². The van der Waals surface area contributed by atoms with Crippen molar-refractivity contribution in [2.45, 2.75) is 26.4 Å². The predicted molar refractivity (Wildman–Crippen MR) is 134 cm³/mol. The molecule has 2 fully saturated rings. The predicted octanol–water partition coefficient (Wildman–Crippen LogP) is 2.27. The Morgan fingerprint density at radius 1 is 1.03 bits per heavy atom.